The van der Waals surface area contributed by atoms with E-state index in [1.165, 1.54) is 0 Å². The Morgan fingerprint density at radius 1 is 1.18 bits per heavy atom. The Morgan fingerprint density at radius 2 is 2.00 bits per heavy atom. The van der Waals surface area contributed by atoms with Gasteiger partial charge in [-0.2, -0.15) is 0 Å². The van der Waals surface area contributed by atoms with Crippen molar-refractivity contribution in [3.8, 4) is 11.3 Å². The molecule has 0 saturated heterocycles. The van der Waals surface area contributed by atoms with Crippen LogP contribution in [0.3, 0.4) is 0 Å². The molecule has 22 heavy (non-hydrogen) atoms. The van der Waals surface area contributed by atoms with Gasteiger partial charge in [0, 0.05) is 18.8 Å². The number of amides is 1. The van der Waals surface area contributed by atoms with Gasteiger partial charge in [-0.15, -0.1) is 5.10 Å². The van der Waals surface area contributed by atoms with Crippen molar-refractivity contribution in [2.24, 2.45) is 0 Å². The molecule has 0 radical (unpaired) electrons. The van der Waals surface area contributed by atoms with Gasteiger partial charge in [0.05, 0.1) is 24.0 Å². The number of aromatic nitrogens is 4. The number of hydrogen-bond donors (Lipinski definition) is 1. The predicted molar refractivity (Wildman–Crippen MR) is 82.2 cm³/mol. The zero-order valence-electron chi connectivity index (χ0n) is 12.1. The van der Waals surface area contributed by atoms with E-state index in [0.717, 1.165) is 17.0 Å². The first-order chi connectivity index (χ1) is 10.8. The summed E-state index contributed by atoms with van der Waals surface area (Å²) in [6.45, 7) is 0.508. The van der Waals surface area contributed by atoms with E-state index in [1.807, 2.05) is 42.6 Å². The fourth-order valence-corrected chi connectivity index (χ4v) is 2.08. The lowest BCUT2D eigenvalue weighted by Gasteiger charge is -2.02. The van der Waals surface area contributed by atoms with Crippen LogP contribution in [0, 0.1) is 0 Å². The number of pyridine rings is 1. The first-order valence-electron chi connectivity index (χ1n) is 6.89. The predicted octanol–water partition coefficient (Wildman–Crippen LogP) is 1.75. The van der Waals surface area contributed by atoms with Gasteiger partial charge in [-0.25, -0.2) is 4.68 Å². The molecule has 1 aromatic carbocycles. The Kier molecular flexibility index (Phi) is 3.91. The van der Waals surface area contributed by atoms with Crippen LogP contribution >= 0.6 is 0 Å². The highest BCUT2D eigenvalue weighted by Crippen LogP contribution is 2.15. The van der Waals surface area contributed by atoms with Crippen LogP contribution in [0.25, 0.3) is 11.3 Å². The summed E-state index contributed by atoms with van der Waals surface area (Å²) in [6.07, 6.45) is 3.44. The molecule has 2 heterocycles. The second-order valence-corrected chi connectivity index (χ2v) is 4.78. The minimum atomic E-state index is -0.147. The van der Waals surface area contributed by atoms with E-state index >= 15 is 0 Å². The average molecular weight is 293 g/mol. The van der Waals surface area contributed by atoms with Crippen LogP contribution in [0.4, 0.5) is 0 Å². The first-order valence-corrected chi connectivity index (χ1v) is 6.89. The molecule has 3 rings (SSSR count). The number of carbonyl (C=O) groups is 1. The van der Waals surface area contributed by atoms with Gasteiger partial charge in [-0.3, -0.25) is 9.78 Å². The molecule has 6 nitrogen and oxygen atoms in total. The van der Waals surface area contributed by atoms with Crippen molar-refractivity contribution < 1.29 is 4.79 Å². The monoisotopic (exact) mass is 293 g/mol. The molecule has 1 N–H and O–H groups in total. The Hall–Kier alpha value is -3.02. The van der Waals surface area contributed by atoms with Gasteiger partial charge >= 0.3 is 0 Å². The second-order valence-electron chi connectivity index (χ2n) is 4.78. The molecule has 2 aromatic heterocycles. The number of nitrogens with zero attached hydrogens (tertiary/aromatic N) is 4. The van der Waals surface area contributed by atoms with Gasteiger partial charge in [0.1, 0.15) is 5.69 Å². The largest absolute Gasteiger partial charge is 0.355 e. The van der Waals surface area contributed by atoms with Gasteiger partial charge in [-0.05, 0) is 12.1 Å². The third-order valence-corrected chi connectivity index (χ3v) is 3.25. The second kappa shape index (κ2) is 6.17. The Bertz CT molecular complexity index is 765. The molecule has 0 atom stereocenters. The van der Waals surface area contributed by atoms with Crippen LogP contribution in [0.2, 0.25) is 0 Å². The molecular formula is C16H15N5O. The highest BCUT2D eigenvalue weighted by Gasteiger charge is 2.06. The quantitative estimate of drug-likeness (QED) is 0.795. The molecule has 110 valence electrons. The highest BCUT2D eigenvalue weighted by atomic mass is 16.1. The molecule has 0 bridgehead atoms. The van der Waals surface area contributed by atoms with E-state index in [2.05, 4.69) is 20.6 Å². The van der Waals surface area contributed by atoms with Gasteiger partial charge in [0.15, 0.2) is 0 Å². The molecule has 0 aliphatic rings. The van der Waals surface area contributed by atoms with E-state index in [0.29, 0.717) is 12.1 Å². The van der Waals surface area contributed by atoms with E-state index in [-0.39, 0.29) is 5.91 Å². The zero-order chi connectivity index (χ0) is 15.4. The van der Waals surface area contributed by atoms with Crippen molar-refractivity contribution in [1.29, 1.82) is 0 Å². The molecule has 0 saturated carbocycles. The maximum Gasteiger partial charge on any atom is 0.252 e. The maximum absolute atomic E-state index is 11.5. The molecule has 0 fully saturated rings. The summed E-state index contributed by atoms with van der Waals surface area (Å²) in [5.74, 6) is -0.147. The van der Waals surface area contributed by atoms with Crippen LogP contribution in [-0.2, 0) is 6.54 Å². The number of carbonyl (C=O) groups excluding carboxylic acids is 1. The zero-order valence-corrected chi connectivity index (χ0v) is 12.1. The SMILES string of the molecule is CNC(=O)c1ccc(Cn2cc(-c3ccccc3)nn2)nc1. The third-order valence-electron chi connectivity index (χ3n) is 3.25. The number of benzene rings is 1. The molecule has 0 aliphatic heterocycles. The lowest BCUT2D eigenvalue weighted by atomic mass is 10.2. The van der Waals surface area contributed by atoms with Gasteiger partial charge in [0.2, 0.25) is 0 Å². The van der Waals surface area contributed by atoms with Gasteiger partial charge < -0.3 is 5.32 Å². The summed E-state index contributed by atoms with van der Waals surface area (Å²) in [4.78, 5) is 15.7. The lowest BCUT2D eigenvalue weighted by molar-refractivity contribution is 0.0962. The normalized spacial score (nSPS) is 10.4. The highest BCUT2D eigenvalue weighted by molar-refractivity contribution is 5.93. The molecule has 0 aliphatic carbocycles. The summed E-state index contributed by atoms with van der Waals surface area (Å²) in [7, 11) is 1.59. The van der Waals surface area contributed by atoms with Crippen LogP contribution in [-0.4, -0.2) is 32.9 Å². The smallest absolute Gasteiger partial charge is 0.252 e. The number of nitrogens with one attached hydrogen (secondary N) is 1. The van der Waals surface area contributed by atoms with Gasteiger partial charge in [0.25, 0.3) is 5.91 Å². The van der Waals surface area contributed by atoms with Crippen molar-refractivity contribution in [3.05, 3.63) is 66.1 Å². The molecule has 0 spiro atoms. The van der Waals surface area contributed by atoms with Crippen molar-refractivity contribution in [3.63, 3.8) is 0 Å². The van der Waals surface area contributed by atoms with E-state index in [1.54, 1.807) is 24.0 Å². The summed E-state index contributed by atoms with van der Waals surface area (Å²) < 4.78 is 1.73. The lowest BCUT2D eigenvalue weighted by Crippen LogP contribution is -2.18. The Morgan fingerprint density at radius 3 is 2.68 bits per heavy atom. The fourth-order valence-electron chi connectivity index (χ4n) is 2.08. The Balaban J connectivity index is 1.74. The molecule has 0 unspecified atom stereocenters. The van der Waals surface area contributed by atoms with Crippen molar-refractivity contribution in [2.45, 2.75) is 6.54 Å². The van der Waals surface area contributed by atoms with E-state index in [4.69, 9.17) is 0 Å². The van der Waals surface area contributed by atoms with Crippen molar-refractivity contribution in [2.75, 3.05) is 7.05 Å². The molecule has 6 heteroatoms. The maximum atomic E-state index is 11.5. The minimum absolute atomic E-state index is 0.147. The minimum Gasteiger partial charge on any atom is -0.355 e. The summed E-state index contributed by atoms with van der Waals surface area (Å²) >= 11 is 0. The van der Waals surface area contributed by atoms with E-state index < -0.39 is 0 Å². The topological polar surface area (TPSA) is 72.7 Å². The van der Waals surface area contributed by atoms with Crippen LogP contribution < -0.4 is 5.32 Å². The van der Waals surface area contributed by atoms with Crippen molar-refractivity contribution >= 4 is 5.91 Å². The summed E-state index contributed by atoms with van der Waals surface area (Å²) in [5, 5.41) is 10.8. The summed E-state index contributed by atoms with van der Waals surface area (Å²) in [5.41, 5.74) is 3.20. The van der Waals surface area contributed by atoms with Crippen LogP contribution in [0.15, 0.2) is 54.9 Å². The summed E-state index contributed by atoms with van der Waals surface area (Å²) in [6, 6.07) is 13.4. The van der Waals surface area contributed by atoms with Crippen LogP contribution in [0.5, 0.6) is 0 Å². The number of rotatable bonds is 4. The van der Waals surface area contributed by atoms with E-state index in [9.17, 15) is 4.79 Å². The molecule has 1 amide bonds. The average Bonchev–Trinajstić information content (AvgIpc) is 3.04. The van der Waals surface area contributed by atoms with Gasteiger partial charge in [-0.1, -0.05) is 35.5 Å². The molecule has 3 aromatic rings. The third kappa shape index (κ3) is 3.01. The number of hydrogen-bond acceptors (Lipinski definition) is 4. The fraction of sp³-hybridized carbons (Fsp3) is 0.125. The van der Waals surface area contributed by atoms with Crippen molar-refractivity contribution in [1.82, 2.24) is 25.3 Å². The molecular weight excluding hydrogens is 278 g/mol. The van der Waals surface area contributed by atoms with Crippen LogP contribution in [0.1, 0.15) is 16.1 Å². The first kappa shape index (κ1) is 13.9. The standard InChI is InChI=1S/C16H15N5O/c1-17-16(22)13-7-8-14(18-9-13)10-21-11-15(19-20-21)12-5-3-2-4-6-12/h2-9,11H,10H2,1H3,(H,17,22). The Labute approximate surface area is 127 Å².